The Morgan fingerprint density at radius 2 is 1.92 bits per heavy atom. The highest BCUT2D eigenvalue weighted by Crippen LogP contribution is 2.38. The highest BCUT2D eigenvalue weighted by molar-refractivity contribution is 5.89. The Kier molecular flexibility index (Phi) is 5.67. The van der Waals surface area contributed by atoms with Crippen LogP contribution in [0.25, 0.3) is 22.4 Å². The number of anilines is 1. The normalized spacial score (nSPS) is 16.8. The Morgan fingerprint density at radius 1 is 1.03 bits per heavy atom. The summed E-state index contributed by atoms with van der Waals surface area (Å²) < 4.78 is 30.5. The van der Waals surface area contributed by atoms with Gasteiger partial charge in [-0.15, -0.1) is 5.10 Å². The van der Waals surface area contributed by atoms with Gasteiger partial charge in [-0.1, -0.05) is 6.07 Å². The van der Waals surface area contributed by atoms with Crippen LogP contribution in [-0.4, -0.2) is 56.1 Å². The van der Waals surface area contributed by atoms with Gasteiger partial charge in [-0.3, -0.25) is 0 Å². The number of aromatic nitrogens is 2. The SMILES string of the molecule is COC1=Nn2cc(-c3cc4c(OC[C@@H]5CCCN5c5cccc(OC)c5)cc(OC)cc4o3)nc2C1. The minimum atomic E-state index is 0.258. The number of hydrogen-bond donors (Lipinski definition) is 0. The van der Waals surface area contributed by atoms with Gasteiger partial charge in [0.2, 0.25) is 5.90 Å². The van der Waals surface area contributed by atoms with E-state index in [2.05, 4.69) is 27.1 Å². The summed E-state index contributed by atoms with van der Waals surface area (Å²) in [7, 11) is 4.95. The Bertz CT molecular complexity index is 1440. The summed E-state index contributed by atoms with van der Waals surface area (Å²) in [5, 5.41) is 5.26. The Morgan fingerprint density at radius 3 is 2.72 bits per heavy atom. The molecule has 4 heterocycles. The van der Waals surface area contributed by atoms with Gasteiger partial charge in [0.15, 0.2) is 5.76 Å². The van der Waals surface area contributed by atoms with Gasteiger partial charge in [-0.2, -0.15) is 0 Å². The predicted octanol–water partition coefficient (Wildman–Crippen LogP) is 4.73. The van der Waals surface area contributed by atoms with Crippen LogP contribution in [0.3, 0.4) is 0 Å². The molecule has 186 valence electrons. The molecule has 0 aliphatic carbocycles. The first-order valence-corrected chi connectivity index (χ1v) is 12.0. The van der Waals surface area contributed by atoms with E-state index in [0.29, 0.717) is 41.7 Å². The first-order chi connectivity index (χ1) is 17.6. The number of nitrogens with zero attached hydrogens (tertiary/aromatic N) is 4. The van der Waals surface area contributed by atoms with Crippen LogP contribution in [0.5, 0.6) is 17.2 Å². The maximum Gasteiger partial charge on any atom is 0.214 e. The molecular weight excluding hydrogens is 460 g/mol. The lowest BCUT2D eigenvalue weighted by Gasteiger charge is -2.27. The molecule has 1 atom stereocenters. The molecule has 9 heteroatoms. The van der Waals surface area contributed by atoms with Crippen LogP contribution >= 0.6 is 0 Å². The lowest BCUT2D eigenvalue weighted by molar-refractivity contribution is 0.290. The Hall–Kier alpha value is -4.14. The summed E-state index contributed by atoms with van der Waals surface area (Å²) >= 11 is 0. The molecule has 1 saturated heterocycles. The molecule has 2 aromatic heterocycles. The molecule has 0 saturated carbocycles. The van der Waals surface area contributed by atoms with Crippen molar-refractivity contribution in [2.24, 2.45) is 5.10 Å². The van der Waals surface area contributed by atoms with Gasteiger partial charge < -0.3 is 28.3 Å². The second-order valence-electron chi connectivity index (χ2n) is 8.91. The van der Waals surface area contributed by atoms with E-state index in [0.717, 1.165) is 47.8 Å². The minimum Gasteiger partial charge on any atom is -0.497 e. The summed E-state index contributed by atoms with van der Waals surface area (Å²) in [6.45, 7) is 1.54. The molecule has 2 aliphatic heterocycles. The molecule has 0 amide bonds. The van der Waals surface area contributed by atoms with Crippen molar-refractivity contribution in [3.05, 3.63) is 54.5 Å². The van der Waals surface area contributed by atoms with E-state index in [1.54, 1.807) is 26.0 Å². The van der Waals surface area contributed by atoms with Gasteiger partial charge in [0, 0.05) is 30.4 Å². The lowest BCUT2D eigenvalue weighted by Crippen LogP contribution is -2.34. The zero-order chi connectivity index (χ0) is 24.6. The molecule has 0 spiro atoms. The van der Waals surface area contributed by atoms with Crippen molar-refractivity contribution in [1.29, 1.82) is 0 Å². The smallest absolute Gasteiger partial charge is 0.214 e. The van der Waals surface area contributed by atoms with Crippen LogP contribution in [0.1, 0.15) is 18.7 Å². The van der Waals surface area contributed by atoms with Crippen molar-refractivity contribution in [3.63, 3.8) is 0 Å². The van der Waals surface area contributed by atoms with Crippen molar-refractivity contribution in [1.82, 2.24) is 9.66 Å². The highest BCUT2D eigenvalue weighted by Gasteiger charge is 2.27. The number of imidazole rings is 1. The lowest BCUT2D eigenvalue weighted by atomic mass is 10.2. The van der Waals surface area contributed by atoms with Crippen molar-refractivity contribution < 1.29 is 23.4 Å². The third-order valence-corrected chi connectivity index (χ3v) is 6.78. The van der Waals surface area contributed by atoms with E-state index in [-0.39, 0.29) is 6.04 Å². The van der Waals surface area contributed by atoms with Crippen LogP contribution in [0.15, 0.2) is 58.2 Å². The molecule has 0 radical (unpaired) electrons. The first kappa shape index (κ1) is 22.3. The Balaban J connectivity index is 1.26. The molecule has 4 aromatic rings. The molecule has 1 fully saturated rings. The molecule has 2 aliphatic rings. The maximum absolute atomic E-state index is 6.42. The molecule has 2 aromatic carbocycles. The second-order valence-corrected chi connectivity index (χ2v) is 8.91. The first-order valence-electron chi connectivity index (χ1n) is 12.0. The molecule has 6 rings (SSSR count). The molecule has 0 bridgehead atoms. The van der Waals surface area contributed by atoms with Gasteiger partial charge in [-0.25, -0.2) is 9.66 Å². The van der Waals surface area contributed by atoms with Crippen molar-refractivity contribution in [2.45, 2.75) is 25.3 Å². The average Bonchev–Trinajstić information content (AvgIpc) is 3.69. The maximum atomic E-state index is 6.42. The third-order valence-electron chi connectivity index (χ3n) is 6.78. The standard InChI is InChI=1S/C27H28N4O5/c1-32-19-8-4-6-17(10-19)30-9-5-7-18(30)16-35-23-11-20(33-2)12-24-21(23)13-25(36-24)22-15-31-26(28-22)14-27(29-31)34-3/h4,6,8,10-13,15,18H,5,7,9,14,16H2,1-3H3/t18-/m0/s1. The number of fused-ring (bicyclic) bond motifs is 2. The van der Waals surface area contributed by atoms with Crippen LogP contribution in [-0.2, 0) is 11.2 Å². The molecule has 9 nitrogen and oxygen atoms in total. The fourth-order valence-electron chi connectivity index (χ4n) is 4.91. The van der Waals surface area contributed by atoms with E-state index < -0.39 is 0 Å². The van der Waals surface area contributed by atoms with Gasteiger partial charge in [-0.05, 0) is 31.0 Å². The molecular formula is C27H28N4O5. The van der Waals surface area contributed by atoms with E-state index in [9.17, 15) is 0 Å². The van der Waals surface area contributed by atoms with Crippen molar-refractivity contribution in [2.75, 3.05) is 39.4 Å². The van der Waals surface area contributed by atoms with Gasteiger partial charge in [0.05, 0.1) is 45.4 Å². The number of hydrogen-bond acceptors (Lipinski definition) is 8. The second kappa shape index (κ2) is 9.14. The van der Waals surface area contributed by atoms with Crippen LogP contribution in [0, 0.1) is 0 Å². The number of methoxy groups -OCH3 is 3. The van der Waals surface area contributed by atoms with Gasteiger partial charge >= 0.3 is 0 Å². The van der Waals surface area contributed by atoms with E-state index in [1.165, 1.54) is 0 Å². The summed E-state index contributed by atoms with van der Waals surface area (Å²) in [6.07, 6.45) is 4.59. The number of furan rings is 1. The molecule has 0 N–H and O–H groups in total. The number of benzene rings is 2. The van der Waals surface area contributed by atoms with Crippen LogP contribution in [0.4, 0.5) is 5.69 Å². The molecule has 0 unspecified atom stereocenters. The molecule has 36 heavy (non-hydrogen) atoms. The summed E-state index contributed by atoms with van der Waals surface area (Å²) in [5.41, 5.74) is 2.55. The van der Waals surface area contributed by atoms with Crippen LogP contribution < -0.4 is 19.1 Å². The fraction of sp³-hybridized carbons (Fsp3) is 0.333. The third kappa shape index (κ3) is 4.00. The zero-order valence-corrected chi connectivity index (χ0v) is 20.6. The average molecular weight is 489 g/mol. The quantitative estimate of drug-likeness (QED) is 0.372. The number of rotatable bonds is 7. The van der Waals surface area contributed by atoms with Crippen LogP contribution in [0.2, 0.25) is 0 Å². The largest absolute Gasteiger partial charge is 0.497 e. The topological polar surface area (TPSA) is 83.5 Å². The van der Waals surface area contributed by atoms with E-state index in [1.807, 2.05) is 36.5 Å². The van der Waals surface area contributed by atoms with Gasteiger partial charge in [0.25, 0.3) is 0 Å². The highest BCUT2D eigenvalue weighted by atomic mass is 16.5. The van der Waals surface area contributed by atoms with Gasteiger partial charge in [0.1, 0.15) is 41.0 Å². The monoisotopic (exact) mass is 488 g/mol. The minimum absolute atomic E-state index is 0.258. The predicted molar refractivity (Wildman–Crippen MR) is 136 cm³/mol. The number of ether oxygens (including phenoxy) is 4. The fourth-order valence-corrected chi connectivity index (χ4v) is 4.91. The Labute approximate surface area is 208 Å². The van der Waals surface area contributed by atoms with E-state index >= 15 is 0 Å². The van der Waals surface area contributed by atoms with Crippen molar-refractivity contribution in [3.8, 4) is 28.7 Å². The zero-order valence-electron chi connectivity index (χ0n) is 20.6. The summed E-state index contributed by atoms with van der Waals surface area (Å²) in [6, 6.07) is 14.2. The van der Waals surface area contributed by atoms with E-state index in [4.69, 9.17) is 23.4 Å². The summed E-state index contributed by atoms with van der Waals surface area (Å²) in [4.78, 5) is 7.07. The summed E-state index contributed by atoms with van der Waals surface area (Å²) in [5.74, 6) is 4.37. The van der Waals surface area contributed by atoms with Crippen molar-refractivity contribution >= 4 is 22.6 Å².